The molecule has 1 aromatic heterocycles. The number of nitrogens with zero attached hydrogens (tertiary/aromatic N) is 3. The number of aromatic nitrogens is 2. The van der Waals surface area contributed by atoms with E-state index in [0.717, 1.165) is 53.9 Å². The molecule has 3 heterocycles. The number of likely N-dealkylation sites (tertiary alicyclic amines) is 2. The van der Waals surface area contributed by atoms with Gasteiger partial charge in [-0.1, -0.05) is 64.1 Å². The summed E-state index contributed by atoms with van der Waals surface area (Å²) in [7, 11) is 2.57. The van der Waals surface area contributed by atoms with Crippen LogP contribution >= 0.6 is 0 Å². The van der Waals surface area contributed by atoms with Crippen molar-refractivity contribution in [2.75, 3.05) is 33.9 Å². The van der Waals surface area contributed by atoms with E-state index in [9.17, 15) is 19.2 Å². The van der Waals surface area contributed by atoms with Crippen LogP contribution in [-0.4, -0.2) is 95.8 Å². The lowest BCUT2D eigenvalue weighted by atomic mass is 10.0. The van der Waals surface area contributed by atoms with E-state index in [0.29, 0.717) is 25.4 Å². The molecule has 51 heavy (non-hydrogen) atoms. The van der Waals surface area contributed by atoms with Gasteiger partial charge in [-0.05, 0) is 66.3 Å². The number of carbonyl (C=O) groups excluding carboxylic acids is 4. The van der Waals surface area contributed by atoms with Gasteiger partial charge in [-0.3, -0.25) is 9.59 Å². The van der Waals surface area contributed by atoms with Gasteiger partial charge in [0.25, 0.3) is 0 Å². The first-order chi connectivity index (χ1) is 24.5. The number of hydrogen-bond donors (Lipinski definition) is 3. The SMILES string of the molecule is COC(=O)N[C@H](C(=O)N1CCC[C@H]1COc1ccc(-c2ccc(-c3cnc([C@@H]4CCCN4C(=O)[C@@H](NC(=O)OC)C(C)C)[nH]3)cc2)cc1)C(C)C. The van der Waals surface area contributed by atoms with Crippen molar-refractivity contribution in [2.24, 2.45) is 11.8 Å². The molecule has 0 spiro atoms. The number of imidazole rings is 1. The Labute approximate surface area is 299 Å². The lowest BCUT2D eigenvalue weighted by Gasteiger charge is -2.30. The van der Waals surface area contributed by atoms with Crippen LogP contribution in [0.15, 0.2) is 54.7 Å². The predicted octanol–water partition coefficient (Wildman–Crippen LogP) is 5.54. The van der Waals surface area contributed by atoms with Gasteiger partial charge in [0, 0.05) is 13.1 Å². The number of nitrogens with one attached hydrogen (secondary N) is 3. The highest BCUT2D eigenvalue weighted by Crippen LogP contribution is 2.33. The summed E-state index contributed by atoms with van der Waals surface area (Å²) in [6, 6.07) is 14.4. The molecule has 13 heteroatoms. The quantitative estimate of drug-likeness (QED) is 0.222. The van der Waals surface area contributed by atoms with Gasteiger partial charge >= 0.3 is 12.2 Å². The summed E-state index contributed by atoms with van der Waals surface area (Å²) in [5.41, 5.74) is 3.90. The van der Waals surface area contributed by atoms with Crippen molar-refractivity contribution in [2.45, 2.75) is 77.5 Å². The molecule has 2 aliphatic rings. The van der Waals surface area contributed by atoms with Gasteiger partial charge in [0.05, 0.1) is 38.2 Å². The summed E-state index contributed by atoms with van der Waals surface area (Å²) in [4.78, 5) is 62.2. The standard InChI is InChI=1S/C38H50N6O7/c1-23(2)32(41-37(47)49-5)35(45)43-19-7-9-28(43)22-51-29-17-15-26(16-18-29)25-11-13-27(14-12-25)30-21-39-34(40-30)31-10-8-20-44(31)36(46)33(24(3)4)42-38(48)50-6/h11-18,21,23-24,28,31-33H,7-10,19-20,22H2,1-6H3,(H,39,40)(H,41,47)(H,42,48)/t28-,31-,32-,33-/m0/s1. The molecule has 4 atom stereocenters. The molecule has 3 aromatic rings. The summed E-state index contributed by atoms with van der Waals surface area (Å²) < 4.78 is 15.6. The minimum Gasteiger partial charge on any atom is -0.491 e. The molecule has 3 N–H and O–H groups in total. The van der Waals surface area contributed by atoms with E-state index in [1.807, 2.05) is 69.0 Å². The summed E-state index contributed by atoms with van der Waals surface area (Å²) >= 11 is 0. The van der Waals surface area contributed by atoms with Crippen molar-refractivity contribution < 1.29 is 33.4 Å². The molecule has 2 aromatic carbocycles. The van der Waals surface area contributed by atoms with Crippen LogP contribution in [0.1, 0.15) is 65.2 Å². The number of H-pyrrole nitrogens is 1. The van der Waals surface area contributed by atoms with Gasteiger partial charge in [0.1, 0.15) is 30.3 Å². The molecule has 0 unspecified atom stereocenters. The van der Waals surface area contributed by atoms with E-state index < -0.39 is 24.3 Å². The maximum absolute atomic E-state index is 13.5. The van der Waals surface area contributed by atoms with Crippen LogP contribution in [0.25, 0.3) is 22.4 Å². The Balaban J connectivity index is 1.18. The normalized spacial score (nSPS) is 18.4. The predicted molar refractivity (Wildman–Crippen MR) is 192 cm³/mol. The Morgan fingerprint density at radius 1 is 0.765 bits per heavy atom. The zero-order valence-electron chi connectivity index (χ0n) is 30.3. The summed E-state index contributed by atoms with van der Waals surface area (Å²) in [5.74, 6) is 0.990. The zero-order chi connectivity index (χ0) is 36.7. The van der Waals surface area contributed by atoms with E-state index in [4.69, 9.17) is 14.2 Å². The minimum absolute atomic E-state index is 0.0776. The number of amides is 4. The highest BCUT2D eigenvalue weighted by molar-refractivity contribution is 5.87. The number of alkyl carbamates (subject to hydrolysis) is 2. The van der Waals surface area contributed by atoms with Crippen LogP contribution in [0.2, 0.25) is 0 Å². The largest absolute Gasteiger partial charge is 0.491 e. The van der Waals surface area contributed by atoms with Crippen molar-refractivity contribution in [1.29, 1.82) is 0 Å². The molecule has 2 saturated heterocycles. The first kappa shape index (κ1) is 37.2. The first-order valence-corrected chi connectivity index (χ1v) is 17.7. The zero-order valence-corrected chi connectivity index (χ0v) is 30.3. The second kappa shape index (κ2) is 16.8. The molecule has 2 aliphatic heterocycles. The van der Waals surface area contributed by atoms with Crippen LogP contribution < -0.4 is 15.4 Å². The second-order valence-electron chi connectivity index (χ2n) is 13.8. The van der Waals surface area contributed by atoms with Gasteiger partial charge in [-0.15, -0.1) is 0 Å². The van der Waals surface area contributed by atoms with E-state index in [-0.39, 0.29) is 35.7 Å². The number of ether oxygens (including phenoxy) is 3. The third-order valence-electron chi connectivity index (χ3n) is 9.72. The fourth-order valence-electron chi connectivity index (χ4n) is 6.80. The number of carbonyl (C=O) groups is 4. The lowest BCUT2D eigenvalue weighted by molar-refractivity contribution is -0.136. The highest BCUT2D eigenvalue weighted by atomic mass is 16.5. The summed E-state index contributed by atoms with van der Waals surface area (Å²) in [6.45, 7) is 9.18. The molecule has 5 rings (SSSR count). The van der Waals surface area contributed by atoms with Crippen molar-refractivity contribution >= 4 is 24.0 Å². The number of hydrogen-bond acceptors (Lipinski definition) is 8. The highest BCUT2D eigenvalue weighted by Gasteiger charge is 2.38. The van der Waals surface area contributed by atoms with Crippen LogP contribution in [0.4, 0.5) is 9.59 Å². The number of aromatic amines is 1. The fourth-order valence-corrected chi connectivity index (χ4v) is 6.80. The topological polar surface area (TPSA) is 155 Å². The third-order valence-corrected chi connectivity index (χ3v) is 9.72. The third kappa shape index (κ3) is 8.81. The lowest BCUT2D eigenvalue weighted by Crippen LogP contribution is -2.53. The average molecular weight is 703 g/mol. The molecule has 274 valence electrons. The Morgan fingerprint density at radius 2 is 1.27 bits per heavy atom. The Kier molecular flexibility index (Phi) is 12.2. The van der Waals surface area contributed by atoms with Gasteiger partial charge < -0.3 is 39.6 Å². The Hall–Kier alpha value is -5.07. The van der Waals surface area contributed by atoms with E-state index in [1.54, 1.807) is 11.1 Å². The number of rotatable bonds is 12. The fraction of sp³-hybridized carbons (Fsp3) is 0.500. The van der Waals surface area contributed by atoms with E-state index in [2.05, 4.69) is 32.7 Å². The van der Waals surface area contributed by atoms with Gasteiger partial charge in [-0.2, -0.15) is 0 Å². The van der Waals surface area contributed by atoms with Crippen LogP contribution in [0.5, 0.6) is 5.75 Å². The summed E-state index contributed by atoms with van der Waals surface area (Å²) in [6.07, 6.45) is 3.90. The number of methoxy groups -OCH3 is 2. The molecule has 0 aliphatic carbocycles. The Bertz CT molecular complexity index is 1660. The molecule has 0 saturated carbocycles. The van der Waals surface area contributed by atoms with Crippen molar-refractivity contribution in [1.82, 2.24) is 30.4 Å². The average Bonchev–Trinajstić information content (AvgIpc) is 3.93. The summed E-state index contributed by atoms with van der Waals surface area (Å²) in [5, 5.41) is 5.36. The molecular weight excluding hydrogens is 652 g/mol. The molecule has 0 radical (unpaired) electrons. The molecule has 0 bridgehead atoms. The molecule has 13 nitrogen and oxygen atoms in total. The van der Waals surface area contributed by atoms with Crippen molar-refractivity contribution in [3.63, 3.8) is 0 Å². The van der Waals surface area contributed by atoms with Crippen molar-refractivity contribution in [3.8, 4) is 28.1 Å². The first-order valence-electron chi connectivity index (χ1n) is 17.7. The maximum atomic E-state index is 13.5. The van der Waals surface area contributed by atoms with E-state index >= 15 is 0 Å². The van der Waals surface area contributed by atoms with Gasteiger partial charge in [-0.25, -0.2) is 14.6 Å². The second-order valence-corrected chi connectivity index (χ2v) is 13.8. The van der Waals surface area contributed by atoms with Crippen LogP contribution in [0.3, 0.4) is 0 Å². The smallest absolute Gasteiger partial charge is 0.407 e. The van der Waals surface area contributed by atoms with E-state index in [1.165, 1.54) is 14.2 Å². The number of benzene rings is 2. The Morgan fingerprint density at radius 3 is 1.84 bits per heavy atom. The molecule has 2 fully saturated rings. The molecular formula is C38H50N6O7. The van der Waals surface area contributed by atoms with Crippen LogP contribution in [0, 0.1) is 11.8 Å². The van der Waals surface area contributed by atoms with Crippen LogP contribution in [-0.2, 0) is 19.1 Å². The van der Waals surface area contributed by atoms with Gasteiger partial charge in [0.15, 0.2) is 0 Å². The van der Waals surface area contributed by atoms with Gasteiger partial charge in [0.2, 0.25) is 11.8 Å². The van der Waals surface area contributed by atoms with Crippen molar-refractivity contribution in [3.05, 3.63) is 60.6 Å². The monoisotopic (exact) mass is 702 g/mol. The minimum atomic E-state index is -0.685. The maximum Gasteiger partial charge on any atom is 0.407 e. The molecule has 4 amide bonds.